The van der Waals surface area contributed by atoms with Crippen LogP contribution in [0.15, 0.2) is 24.4 Å². The van der Waals surface area contributed by atoms with E-state index in [9.17, 15) is 4.79 Å². The Morgan fingerprint density at radius 1 is 1.10 bits per heavy atom. The summed E-state index contributed by atoms with van der Waals surface area (Å²) in [4.78, 5) is 25.9. The van der Waals surface area contributed by atoms with Crippen LogP contribution in [-0.4, -0.2) is 54.6 Å². The number of carbonyl (C=O) groups excluding carboxylic acids is 1. The topological polar surface area (TPSA) is 67.8 Å². The van der Waals surface area contributed by atoms with Crippen LogP contribution in [0.25, 0.3) is 0 Å². The molecular weight excluding hydrogens is 368 g/mol. The van der Waals surface area contributed by atoms with E-state index >= 15 is 0 Å². The van der Waals surface area contributed by atoms with Crippen molar-refractivity contribution in [1.29, 1.82) is 0 Å². The van der Waals surface area contributed by atoms with Crippen molar-refractivity contribution in [2.24, 2.45) is 0 Å². The smallest absolute Gasteiger partial charge is 0.272 e. The molecule has 29 heavy (non-hydrogen) atoms. The van der Waals surface area contributed by atoms with Gasteiger partial charge in [0.25, 0.3) is 5.91 Å². The minimum Gasteiger partial charge on any atom is -0.493 e. The average Bonchev–Trinajstić information content (AvgIpc) is 2.77. The van der Waals surface area contributed by atoms with E-state index in [1.54, 1.807) is 26.5 Å². The lowest BCUT2D eigenvalue weighted by Gasteiger charge is -2.30. The lowest BCUT2D eigenvalue weighted by molar-refractivity contribution is 0.0749. The Hall–Kier alpha value is -2.83. The van der Waals surface area contributed by atoms with E-state index in [1.807, 2.05) is 17.0 Å². The van der Waals surface area contributed by atoms with Crippen LogP contribution in [0.3, 0.4) is 0 Å². The Labute approximate surface area is 172 Å². The first-order valence-corrected chi connectivity index (χ1v) is 10.2. The fraction of sp³-hybridized carbons (Fsp3) is 0.500. The second-order valence-electron chi connectivity index (χ2n) is 7.18. The minimum absolute atomic E-state index is 0.0267. The van der Waals surface area contributed by atoms with Crippen molar-refractivity contribution in [3.05, 3.63) is 41.2 Å². The standard InChI is InChI=1S/C22H30N4O3/c1-5-10-25(11-6-2)21(27)18-7-9-23-22(24-18)26-12-8-16-13-19(28-3)20(29-4)14-17(16)15-26/h7,9,13-14H,5-6,8,10-12,15H2,1-4H3. The number of aromatic nitrogens is 2. The zero-order valence-corrected chi connectivity index (χ0v) is 17.8. The monoisotopic (exact) mass is 398 g/mol. The average molecular weight is 399 g/mol. The molecule has 0 fully saturated rings. The molecule has 0 bridgehead atoms. The summed E-state index contributed by atoms with van der Waals surface area (Å²) < 4.78 is 10.9. The summed E-state index contributed by atoms with van der Waals surface area (Å²) in [6.07, 6.45) is 4.39. The highest BCUT2D eigenvalue weighted by Crippen LogP contribution is 2.33. The summed E-state index contributed by atoms with van der Waals surface area (Å²) in [6, 6.07) is 5.76. The lowest BCUT2D eigenvalue weighted by atomic mass is 9.99. The molecule has 0 atom stereocenters. The number of hydrogen-bond donors (Lipinski definition) is 0. The molecule has 3 rings (SSSR count). The Morgan fingerprint density at radius 2 is 1.76 bits per heavy atom. The zero-order valence-electron chi connectivity index (χ0n) is 17.8. The van der Waals surface area contributed by atoms with Crippen LogP contribution in [0.5, 0.6) is 11.5 Å². The van der Waals surface area contributed by atoms with Gasteiger partial charge in [-0.3, -0.25) is 4.79 Å². The summed E-state index contributed by atoms with van der Waals surface area (Å²) in [6.45, 7) is 7.09. The molecule has 7 heteroatoms. The number of methoxy groups -OCH3 is 2. The van der Waals surface area contributed by atoms with Crippen molar-refractivity contribution in [3.63, 3.8) is 0 Å². The van der Waals surface area contributed by atoms with Gasteiger partial charge in [0, 0.05) is 32.4 Å². The molecule has 1 aromatic heterocycles. The predicted octanol–water partition coefficient (Wildman–Crippen LogP) is 3.32. The number of benzene rings is 1. The maximum atomic E-state index is 12.9. The highest BCUT2D eigenvalue weighted by Gasteiger charge is 2.23. The van der Waals surface area contributed by atoms with E-state index in [2.05, 4.69) is 28.7 Å². The molecule has 0 N–H and O–H groups in total. The molecule has 1 aromatic carbocycles. The Bertz CT molecular complexity index is 850. The summed E-state index contributed by atoms with van der Waals surface area (Å²) in [5.41, 5.74) is 2.85. The largest absolute Gasteiger partial charge is 0.493 e. The molecular formula is C22H30N4O3. The molecule has 1 amide bonds. The van der Waals surface area contributed by atoms with Gasteiger partial charge in [0.2, 0.25) is 5.95 Å². The Kier molecular flexibility index (Phi) is 6.90. The van der Waals surface area contributed by atoms with Gasteiger partial charge in [0.05, 0.1) is 14.2 Å². The van der Waals surface area contributed by atoms with Gasteiger partial charge in [-0.05, 0) is 48.6 Å². The molecule has 0 saturated carbocycles. The third kappa shape index (κ3) is 4.60. The molecule has 0 radical (unpaired) electrons. The first kappa shape index (κ1) is 20.9. The van der Waals surface area contributed by atoms with Crippen LogP contribution < -0.4 is 14.4 Å². The van der Waals surface area contributed by atoms with E-state index in [0.29, 0.717) is 23.9 Å². The fourth-order valence-electron chi connectivity index (χ4n) is 3.69. The fourth-order valence-corrected chi connectivity index (χ4v) is 3.69. The van der Waals surface area contributed by atoms with Gasteiger partial charge in [0.15, 0.2) is 11.5 Å². The maximum Gasteiger partial charge on any atom is 0.272 e. The van der Waals surface area contributed by atoms with Crippen molar-refractivity contribution in [1.82, 2.24) is 14.9 Å². The van der Waals surface area contributed by atoms with Gasteiger partial charge in [-0.15, -0.1) is 0 Å². The van der Waals surface area contributed by atoms with Crippen LogP contribution in [0.4, 0.5) is 5.95 Å². The van der Waals surface area contributed by atoms with Gasteiger partial charge in [-0.25, -0.2) is 9.97 Å². The molecule has 1 aliphatic rings. The molecule has 0 saturated heterocycles. The third-order valence-electron chi connectivity index (χ3n) is 5.14. The molecule has 156 valence electrons. The number of nitrogens with zero attached hydrogens (tertiary/aromatic N) is 4. The summed E-state index contributed by atoms with van der Waals surface area (Å²) in [7, 11) is 3.29. The second-order valence-corrected chi connectivity index (χ2v) is 7.18. The Balaban J connectivity index is 1.82. The van der Waals surface area contributed by atoms with Crippen molar-refractivity contribution in [3.8, 4) is 11.5 Å². The second kappa shape index (κ2) is 9.58. The van der Waals surface area contributed by atoms with Gasteiger partial charge < -0.3 is 19.3 Å². The van der Waals surface area contributed by atoms with E-state index in [-0.39, 0.29) is 5.91 Å². The first-order chi connectivity index (χ1) is 14.1. The number of amides is 1. The van der Waals surface area contributed by atoms with Gasteiger partial charge in [-0.1, -0.05) is 13.8 Å². The van der Waals surface area contributed by atoms with E-state index in [0.717, 1.165) is 50.2 Å². The quantitative estimate of drug-likeness (QED) is 0.680. The van der Waals surface area contributed by atoms with Gasteiger partial charge >= 0.3 is 0 Å². The maximum absolute atomic E-state index is 12.9. The predicted molar refractivity (Wildman–Crippen MR) is 113 cm³/mol. The number of carbonyl (C=O) groups is 1. The normalized spacial score (nSPS) is 13.0. The molecule has 7 nitrogen and oxygen atoms in total. The van der Waals surface area contributed by atoms with Crippen molar-refractivity contribution >= 4 is 11.9 Å². The molecule has 0 unspecified atom stereocenters. The van der Waals surface area contributed by atoms with Gasteiger partial charge in [-0.2, -0.15) is 0 Å². The third-order valence-corrected chi connectivity index (χ3v) is 5.14. The lowest BCUT2D eigenvalue weighted by Crippen LogP contribution is -2.35. The number of ether oxygens (including phenoxy) is 2. The van der Waals surface area contributed by atoms with Crippen LogP contribution >= 0.6 is 0 Å². The number of fused-ring (bicyclic) bond motifs is 1. The molecule has 1 aliphatic heterocycles. The summed E-state index contributed by atoms with van der Waals surface area (Å²) >= 11 is 0. The SMILES string of the molecule is CCCN(CCC)C(=O)c1ccnc(N2CCc3cc(OC)c(OC)cc3C2)n1. The number of rotatable bonds is 8. The zero-order chi connectivity index (χ0) is 20.8. The van der Waals surface area contributed by atoms with E-state index in [1.165, 1.54) is 5.56 Å². The van der Waals surface area contributed by atoms with Crippen molar-refractivity contribution < 1.29 is 14.3 Å². The molecule has 0 spiro atoms. The van der Waals surface area contributed by atoms with Crippen LogP contribution in [0.1, 0.15) is 48.3 Å². The minimum atomic E-state index is -0.0267. The molecule has 2 aromatic rings. The van der Waals surface area contributed by atoms with E-state index < -0.39 is 0 Å². The summed E-state index contributed by atoms with van der Waals surface area (Å²) in [5.74, 6) is 2.02. The van der Waals surface area contributed by atoms with E-state index in [4.69, 9.17) is 9.47 Å². The van der Waals surface area contributed by atoms with Gasteiger partial charge in [0.1, 0.15) is 5.69 Å². The van der Waals surface area contributed by atoms with Crippen molar-refractivity contribution in [2.75, 3.05) is 38.8 Å². The van der Waals surface area contributed by atoms with Crippen molar-refractivity contribution in [2.45, 2.75) is 39.7 Å². The van der Waals surface area contributed by atoms with Crippen LogP contribution in [0, 0.1) is 0 Å². The number of anilines is 1. The summed E-state index contributed by atoms with van der Waals surface area (Å²) in [5, 5.41) is 0. The van der Waals surface area contributed by atoms with Crippen LogP contribution in [-0.2, 0) is 13.0 Å². The number of hydrogen-bond acceptors (Lipinski definition) is 6. The highest BCUT2D eigenvalue weighted by atomic mass is 16.5. The molecule has 0 aliphatic carbocycles. The first-order valence-electron chi connectivity index (χ1n) is 10.2. The van der Waals surface area contributed by atoms with Crippen LogP contribution in [0.2, 0.25) is 0 Å². The Morgan fingerprint density at radius 3 is 2.38 bits per heavy atom. The molecule has 2 heterocycles. The highest BCUT2D eigenvalue weighted by molar-refractivity contribution is 5.92.